The fraction of sp³-hybridized carbons (Fsp3) is 0.450. The van der Waals surface area contributed by atoms with Gasteiger partial charge in [0, 0.05) is 26.2 Å². The highest BCUT2D eigenvalue weighted by Crippen LogP contribution is 2.20. The fourth-order valence-corrected chi connectivity index (χ4v) is 3.31. The van der Waals surface area contributed by atoms with Crippen LogP contribution in [0.15, 0.2) is 36.7 Å². The van der Waals surface area contributed by atoms with Gasteiger partial charge in [0.25, 0.3) is 5.91 Å². The third-order valence-corrected chi connectivity index (χ3v) is 4.59. The molecule has 0 saturated heterocycles. The fourth-order valence-electron chi connectivity index (χ4n) is 3.31. The summed E-state index contributed by atoms with van der Waals surface area (Å²) in [6, 6.07) is 8.31. The van der Waals surface area contributed by atoms with Crippen molar-refractivity contribution in [1.29, 1.82) is 0 Å². The van der Waals surface area contributed by atoms with Crippen molar-refractivity contribution in [3.63, 3.8) is 0 Å². The van der Waals surface area contributed by atoms with E-state index in [4.69, 9.17) is 0 Å². The number of nitrogens with zero attached hydrogens (tertiary/aromatic N) is 4. The molecule has 1 aliphatic rings. The van der Waals surface area contributed by atoms with Crippen LogP contribution in [-0.2, 0) is 13.0 Å². The van der Waals surface area contributed by atoms with E-state index in [1.807, 2.05) is 11.0 Å². The Morgan fingerprint density at radius 2 is 1.80 bits per heavy atom. The summed E-state index contributed by atoms with van der Waals surface area (Å²) in [5, 5.41) is 0. The van der Waals surface area contributed by atoms with Crippen LogP contribution in [0.1, 0.15) is 48.3 Å². The van der Waals surface area contributed by atoms with E-state index < -0.39 is 0 Å². The maximum absolute atomic E-state index is 12.8. The molecule has 0 aliphatic carbocycles. The third kappa shape index (κ3) is 3.98. The molecule has 0 N–H and O–H groups in total. The largest absolute Gasteiger partial charge is 0.355 e. The van der Waals surface area contributed by atoms with Gasteiger partial charge < -0.3 is 9.80 Å². The van der Waals surface area contributed by atoms with E-state index >= 15 is 0 Å². The van der Waals surface area contributed by atoms with Gasteiger partial charge in [-0.15, -0.1) is 0 Å². The first-order valence-corrected chi connectivity index (χ1v) is 9.16. The average Bonchev–Trinajstić information content (AvgIpc) is 2.67. The molecule has 0 fully saturated rings. The van der Waals surface area contributed by atoms with Crippen LogP contribution in [0.4, 0.5) is 5.82 Å². The van der Waals surface area contributed by atoms with Gasteiger partial charge in [0.2, 0.25) is 0 Å². The van der Waals surface area contributed by atoms with Gasteiger partial charge in [-0.1, -0.05) is 38.1 Å². The molecular weight excluding hydrogens is 312 g/mol. The first-order chi connectivity index (χ1) is 12.2. The van der Waals surface area contributed by atoms with Crippen LogP contribution in [0.3, 0.4) is 0 Å². The maximum atomic E-state index is 12.8. The van der Waals surface area contributed by atoms with Crippen LogP contribution in [0, 0.1) is 0 Å². The number of carbonyl (C=O) groups is 1. The molecule has 132 valence electrons. The minimum atomic E-state index is -0.0360. The van der Waals surface area contributed by atoms with E-state index in [0.717, 1.165) is 44.7 Å². The molecule has 1 aromatic heterocycles. The summed E-state index contributed by atoms with van der Waals surface area (Å²) < 4.78 is 0. The van der Waals surface area contributed by atoms with Crippen LogP contribution in [0.25, 0.3) is 0 Å². The molecule has 0 unspecified atom stereocenters. The summed E-state index contributed by atoms with van der Waals surface area (Å²) in [6.45, 7) is 7.61. The number of hydrogen-bond donors (Lipinski definition) is 0. The van der Waals surface area contributed by atoms with Crippen molar-refractivity contribution in [1.82, 2.24) is 14.9 Å². The summed E-state index contributed by atoms with van der Waals surface area (Å²) >= 11 is 0. The third-order valence-electron chi connectivity index (χ3n) is 4.59. The van der Waals surface area contributed by atoms with Crippen molar-refractivity contribution in [3.8, 4) is 0 Å². The van der Waals surface area contributed by atoms with E-state index in [-0.39, 0.29) is 5.91 Å². The number of amides is 1. The second kappa shape index (κ2) is 8.10. The Morgan fingerprint density at radius 3 is 2.44 bits per heavy atom. The van der Waals surface area contributed by atoms with Crippen LogP contribution < -0.4 is 4.90 Å². The minimum Gasteiger partial charge on any atom is -0.355 e. The van der Waals surface area contributed by atoms with Gasteiger partial charge in [0.1, 0.15) is 11.5 Å². The molecule has 2 aromatic rings. The molecule has 1 aliphatic heterocycles. The Kier molecular flexibility index (Phi) is 5.64. The second-order valence-electron chi connectivity index (χ2n) is 6.49. The number of anilines is 1. The van der Waals surface area contributed by atoms with Gasteiger partial charge in [0.15, 0.2) is 0 Å². The minimum absolute atomic E-state index is 0.0360. The SMILES string of the molecule is CCCN(CCC)c1cnc(C(=O)N2CCc3ccccc3C2)cn1. The van der Waals surface area contributed by atoms with E-state index in [1.54, 1.807) is 12.4 Å². The molecule has 5 heteroatoms. The van der Waals surface area contributed by atoms with Crippen molar-refractivity contribution < 1.29 is 4.79 Å². The molecule has 0 radical (unpaired) electrons. The topological polar surface area (TPSA) is 49.3 Å². The van der Waals surface area contributed by atoms with Crippen molar-refractivity contribution in [2.75, 3.05) is 24.5 Å². The smallest absolute Gasteiger partial charge is 0.274 e. The van der Waals surface area contributed by atoms with Crippen molar-refractivity contribution in [2.24, 2.45) is 0 Å². The summed E-state index contributed by atoms with van der Waals surface area (Å²) in [5.74, 6) is 0.815. The quantitative estimate of drug-likeness (QED) is 0.811. The molecule has 5 nitrogen and oxygen atoms in total. The number of rotatable bonds is 6. The first kappa shape index (κ1) is 17.4. The van der Waals surface area contributed by atoms with Gasteiger partial charge in [-0.25, -0.2) is 9.97 Å². The number of carbonyl (C=O) groups excluding carboxylic acids is 1. The Balaban J connectivity index is 1.71. The van der Waals surface area contributed by atoms with E-state index in [1.165, 1.54) is 11.1 Å². The van der Waals surface area contributed by atoms with E-state index in [2.05, 4.69) is 46.9 Å². The maximum Gasteiger partial charge on any atom is 0.274 e. The highest BCUT2D eigenvalue weighted by atomic mass is 16.2. The summed E-state index contributed by atoms with van der Waals surface area (Å²) in [6.07, 6.45) is 6.38. The van der Waals surface area contributed by atoms with Gasteiger partial charge in [0.05, 0.1) is 12.4 Å². The van der Waals surface area contributed by atoms with Crippen molar-refractivity contribution in [2.45, 2.75) is 39.7 Å². The standard InChI is InChI=1S/C20H26N4O/c1-3-10-23(11-4-2)19-14-21-18(13-22-19)20(25)24-12-9-16-7-5-6-8-17(16)15-24/h5-8,13-14H,3-4,9-12,15H2,1-2H3. The number of hydrogen-bond acceptors (Lipinski definition) is 4. The highest BCUT2D eigenvalue weighted by molar-refractivity contribution is 5.92. The molecule has 1 aromatic carbocycles. The first-order valence-electron chi connectivity index (χ1n) is 9.16. The molecule has 3 rings (SSSR count). The van der Waals surface area contributed by atoms with Crippen LogP contribution in [0.2, 0.25) is 0 Å². The monoisotopic (exact) mass is 338 g/mol. The molecule has 25 heavy (non-hydrogen) atoms. The lowest BCUT2D eigenvalue weighted by Gasteiger charge is -2.28. The molecule has 0 atom stereocenters. The van der Waals surface area contributed by atoms with E-state index in [0.29, 0.717) is 12.2 Å². The van der Waals surface area contributed by atoms with Crippen molar-refractivity contribution >= 4 is 11.7 Å². The highest BCUT2D eigenvalue weighted by Gasteiger charge is 2.22. The van der Waals surface area contributed by atoms with Gasteiger partial charge in [-0.2, -0.15) is 0 Å². The Morgan fingerprint density at radius 1 is 1.08 bits per heavy atom. The number of fused-ring (bicyclic) bond motifs is 1. The average molecular weight is 338 g/mol. The van der Waals surface area contributed by atoms with Crippen LogP contribution in [0.5, 0.6) is 0 Å². The normalized spacial score (nSPS) is 13.4. The Labute approximate surface area is 149 Å². The Hall–Kier alpha value is -2.43. The lowest BCUT2D eigenvalue weighted by molar-refractivity contribution is 0.0728. The van der Waals surface area contributed by atoms with Gasteiger partial charge in [-0.3, -0.25) is 4.79 Å². The van der Waals surface area contributed by atoms with Crippen LogP contribution in [-0.4, -0.2) is 40.4 Å². The summed E-state index contributed by atoms with van der Waals surface area (Å²) in [7, 11) is 0. The molecular formula is C20H26N4O. The zero-order valence-electron chi connectivity index (χ0n) is 15.1. The molecule has 0 bridgehead atoms. The second-order valence-corrected chi connectivity index (χ2v) is 6.49. The molecule has 0 spiro atoms. The number of aromatic nitrogens is 2. The summed E-state index contributed by atoms with van der Waals surface area (Å²) in [4.78, 5) is 25.7. The predicted octanol–water partition coefficient (Wildman–Crippen LogP) is 3.30. The lowest BCUT2D eigenvalue weighted by atomic mass is 10.00. The van der Waals surface area contributed by atoms with Gasteiger partial charge in [-0.05, 0) is 30.4 Å². The molecule has 1 amide bonds. The Bertz CT molecular complexity index is 708. The predicted molar refractivity (Wildman–Crippen MR) is 99.7 cm³/mol. The van der Waals surface area contributed by atoms with Gasteiger partial charge >= 0.3 is 0 Å². The number of benzene rings is 1. The zero-order valence-corrected chi connectivity index (χ0v) is 15.1. The lowest BCUT2D eigenvalue weighted by Crippen LogP contribution is -2.36. The van der Waals surface area contributed by atoms with Crippen molar-refractivity contribution in [3.05, 3.63) is 53.5 Å². The zero-order chi connectivity index (χ0) is 17.6. The summed E-state index contributed by atoms with van der Waals surface area (Å²) in [5.41, 5.74) is 2.99. The van der Waals surface area contributed by atoms with E-state index in [9.17, 15) is 4.79 Å². The molecule has 0 saturated carbocycles. The molecule has 2 heterocycles. The van der Waals surface area contributed by atoms with Crippen LogP contribution >= 0.6 is 0 Å².